The van der Waals surface area contributed by atoms with Crippen molar-refractivity contribution < 1.29 is 41.8 Å². The smallest absolute Gasteiger partial charge is 0.435 e. The molecule has 0 unspecified atom stereocenters. The van der Waals surface area contributed by atoms with Gasteiger partial charge in [-0.2, -0.15) is 13.8 Å². The molecule has 1 fully saturated rings. The van der Waals surface area contributed by atoms with Gasteiger partial charge in [0.25, 0.3) is 11.8 Å². The van der Waals surface area contributed by atoms with E-state index >= 15 is 4.39 Å². The molecule has 1 aromatic heterocycles. The van der Waals surface area contributed by atoms with E-state index in [2.05, 4.69) is 20.4 Å². The second kappa shape index (κ2) is 13.2. The number of hydrogen-bond acceptors (Lipinski definition) is 7. The Labute approximate surface area is 271 Å². The topological polar surface area (TPSA) is 152 Å². The average molecular weight is 672 g/mol. The van der Waals surface area contributed by atoms with Crippen LogP contribution in [0.1, 0.15) is 51.3 Å². The van der Waals surface area contributed by atoms with Gasteiger partial charge in [0, 0.05) is 46.0 Å². The van der Waals surface area contributed by atoms with E-state index in [0.717, 1.165) is 4.90 Å². The van der Waals surface area contributed by atoms with Gasteiger partial charge in [0.2, 0.25) is 11.8 Å². The molecule has 4 N–H and O–H groups in total. The Hall–Kier alpha value is -4.76. The maximum absolute atomic E-state index is 15.7. The molecule has 2 aromatic carbocycles. The molecule has 5 rings (SSSR count). The highest BCUT2D eigenvalue weighted by molar-refractivity contribution is 7.10. The number of thiophene rings is 1. The van der Waals surface area contributed by atoms with Crippen molar-refractivity contribution in [2.24, 2.45) is 10.7 Å². The average Bonchev–Trinajstić information content (AvgIpc) is 3.74. The number of benzene rings is 2. The number of halogens is 3. The predicted molar refractivity (Wildman–Crippen MR) is 167 cm³/mol. The van der Waals surface area contributed by atoms with Crippen LogP contribution in [0.25, 0.3) is 11.1 Å². The van der Waals surface area contributed by atoms with Crippen LogP contribution < -0.4 is 16.4 Å². The number of ether oxygens (including phenoxy) is 2. The molecule has 11 nitrogen and oxygen atoms in total. The summed E-state index contributed by atoms with van der Waals surface area (Å²) in [5.41, 5.74) is 4.47. The van der Waals surface area contributed by atoms with Gasteiger partial charge in [-0.3, -0.25) is 14.4 Å². The summed E-state index contributed by atoms with van der Waals surface area (Å²) in [6, 6.07) is 9.65. The summed E-state index contributed by atoms with van der Waals surface area (Å²) < 4.78 is 55.0. The number of rotatable bonds is 9. The second-order valence-electron chi connectivity index (χ2n) is 11.3. The molecule has 248 valence electrons. The molecule has 0 saturated carbocycles. The highest BCUT2D eigenvalue weighted by Gasteiger charge is 2.50. The minimum Gasteiger partial charge on any atom is -0.451 e. The number of nitrogens with zero attached hydrogens (tertiary/aromatic N) is 2. The number of nitrogens with one attached hydrogen (secondary N) is 2. The molecule has 4 amide bonds. The predicted octanol–water partition coefficient (Wildman–Crippen LogP) is 3.90. The van der Waals surface area contributed by atoms with E-state index in [1.54, 1.807) is 30.5 Å². The molecule has 47 heavy (non-hydrogen) atoms. The van der Waals surface area contributed by atoms with Crippen LogP contribution in [0, 0.1) is 0 Å². The zero-order valence-corrected chi connectivity index (χ0v) is 26.5. The van der Waals surface area contributed by atoms with Gasteiger partial charge < -0.3 is 30.7 Å². The Morgan fingerprint density at radius 3 is 2.51 bits per heavy atom. The number of nitrogens with two attached hydrogens (primary N) is 1. The van der Waals surface area contributed by atoms with Gasteiger partial charge in [0.15, 0.2) is 5.67 Å². The number of amides is 4. The standard InChI is InChI=1S/C32H32F3N5O6S/c1-17(25-11-19(14-47-25)27(36)39-30(44)46-3)38-29(43)24-12-31(33,16-45-2)15-40(24)26(41)13-37-28(42)18-8-9-23-21(10-18)20-6-4-5-7-22(20)32(23,34)35/h4-11,14,17,24H,12-13,15-16H2,1-3H3,(H,37,42)(H,38,43)(H2,36,39,44)/t17-,24+,31-/m1/s1. The van der Waals surface area contributed by atoms with E-state index in [-0.39, 0.29) is 41.1 Å². The van der Waals surface area contributed by atoms with Crippen molar-refractivity contribution >= 4 is 41.0 Å². The van der Waals surface area contributed by atoms with Gasteiger partial charge in [-0.25, -0.2) is 9.18 Å². The summed E-state index contributed by atoms with van der Waals surface area (Å²) in [6.07, 6.45) is -1.21. The fourth-order valence-electron chi connectivity index (χ4n) is 5.78. The minimum atomic E-state index is -3.21. The molecule has 0 spiro atoms. The Bertz CT molecular complexity index is 1760. The molecule has 2 heterocycles. The first-order chi connectivity index (χ1) is 22.3. The molecule has 2 aliphatic rings. The summed E-state index contributed by atoms with van der Waals surface area (Å²) in [5, 5.41) is 6.90. The maximum atomic E-state index is 15.7. The summed E-state index contributed by atoms with van der Waals surface area (Å²) in [4.78, 5) is 56.5. The highest BCUT2D eigenvalue weighted by atomic mass is 32.1. The largest absolute Gasteiger partial charge is 0.451 e. The SMILES string of the molecule is COC[C@@]1(F)C[C@@H](C(=O)N[C@H](C)c2cc(/C(N)=N\C(=O)OC)cs2)N(C(=O)CNC(=O)c2ccc3c(c2)-c2ccccc2C3(F)F)C1. The lowest BCUT2D eigenvalue weighted by molar-refractivity contribution is -0.138. The second-order valence-corrected chi connectivity index (χ2v) is 12.3. The Morgan fingerprint density at radius 1 is 1.06 bits per heavy atom. The quantitative estimate of drug-likeness (QED) is 0.231. The first kappa shape index (κ1) is 33.6. The third-order valence-electron chi connectivity index (χ3n) is 8.08. The third kappa shape index (κ3) is 6.72. The van der Waals surface area contributed by atoms with Crippen LogP contribution in [0.4, 0.5) is 18.0 Å². The zero-order chi connectivity index (χ0) is 34.1. The fraction of sp³-hybridized carbons (Fsp3) is 0.344. The lowest BCUT2D eigenvalue weighted by Gasteiger charge is -2.25. The van der Waals surface area contributed by atoms with Gasteiger partial charge >= 0.3 is 6.09 Å². The van der Waals surface area contributed by atoms with Crippen molar-refractivity contribution in [3.05, 3.63) is 81.0 Å². The number of fused-ring (bicyclic) bond motifs is 3. The summed E-state index contributed by atoms with van der Waals surface area (Å²) in [7, 11) is 2.47. The summed E-state index contributed by atoms with van der Waals surface area (Å²) >= 11 is 1.24. The monoisotopic (exact) mass is 671 g/mol. The van der Waals surface area contributed by atoms with Crippen molar-refractivity contribution in [2.75, 3.05) is 33.9 Å². The normalized spacial score (nSPS) is 20.3. The molecule has 1 aliphatic carbocycles. The zero-order valence-electron chi connectivity index (χ0n) is 25.6. The molecule has 1 saturated heterocycles. The molecular weight excluding hydrogens is 639 g/mol. The fourth-order valence-corrected chi connectivity index (χ4v) is 6.69. The van der Waals surface area contributed by atoms with Crippen molar-refractivity contribution in [1.29, 1.82) is 0 Å². The number of amidine groups is 1. The number of carbonyl (C=O) groups excluding carboxylic acids is 4. The van der Waals surface area contributed by atoms with Crippen molar-refractivity contribution in [2.45, 2.75) is 37.0 Å². The number of hydrogen-bond donors (Lipinski definition) is 3. The molecule has 0 bridgehead atoms. The number of aliphatic imine (C=N–C) groups is 1. The Balaban J connectivity index is 1.27. The first-order valence-corrected chi connectivity index (χ1v) is 15.3. The van der Waals surface area contributed by atoms with Crippen LogP contribution in [-0.4, -0.2) is 80.2 Å². The number of likely N-dealkylation sites (tertiary alicyclic amines) is 1. The molecule has 3 aromatic rings. The van der Waals surface area contributed by atoms with E-state index in [1.165, 1.54) is 55.9 Å². The molecule has 0 radical (unpaired) electrons. The summed E-state index contributed by atoms with van der Waals surface area (Å²) in [6.45, 7) is 0.302. The van der Waals surface area contributed by atoms with E-state index in [1.807, 2.05) is 0 Å². The van der Waals surface area contributed by atoms with Gasteiger partial charge in [0.05, 0.1) is 32.8 Å². The van der Waals surface area contributed by atoms with Gasteiger partial charge in [-0.05, 0) is 36.2 Å². The lowest BCUT2D eigenvalue weighted by Crippen LogP contribution is -2.49. The van der Waals surface area contributed by atoms with Crippen LogP contribution in [0.15, 0.2) is 58.9 Å². The van der Waals surface area contributed by atoms with Crippen LogP contribution in [0.2, 0.25) is 0 Å². The van der Waals surface area contributed by atoms with Crippen molar-refractivity contribution in [1.82, 2.24) is 15.5 Å². The van der Waals surface area contributed by atoms with E-state index in [0.29, 0.717) is 16.0 Å². The van der Waals surface area contributed by atoms with Crippen molar-refractivity contribution in [3.63, 3.8) is 0 Å². The van der Waals surface area contributed by atoms with Gasteiger partial charge in [0.1, 0.15) is 11.9 Å². The van der Waals surface area contributed by atoms with Crippen molar-refractivity contribution in [3.8, 4) is 11.1 Å². The van der Waals surface area contributed by atoms with Crippen LogP contribution >= 0.6 is 11.3 Å². The molecular formula is C32H32F3N5O6S. The third-order valence-corrected chi connectivity index (χ3v) is 9.19. The van der Waals surface area contributed by atoms with Crippen LogP contribution in [0.5, 0.6) is 0 Å². The number of methoxy groups -OCH3 is 2. The van der Waals surface area contributed by atoms with Crippen LogP contribution in [-0.2, 0) is 25.0 Å². The minimum absolute atomic E-state index is 0.0559. The molecule has 1 aliphatic heterocycles. The number of carbonyl (C=O) groups is 4. The Morgan fingerprint density at radius 2 is 1.79 bits per heavy atom. The maximum Gasteiger partial charge on any atom is 0.435 e. The van der Waals surface area contributed by atoms with E-state index < -0.39 is 60.6 Å². The Kier molecular flexibility index (Phi) is 9.41. The molecule has 15 heteroatoms. The number of alkyl halides is 3. The first-order valence-electron chi connectivity index (χ1n) is 14.5. The van der Waals surface area contributed by atoms with Gasteiger partial charge in [-0.1, -0.05) is 30.3 Å². The summed E-state index contributed by atoms with van der Waals surface area (Å²) in [5.74, 6) is -5.33. The van der Waals surface area contributed by atoms with Gasteiger partial charge in [-0.15, -0.1) is 11.3 Å². The highest BCUT2D eigenvalue weighted by Crippen LogP contribution is 2.51. The molecule has 3 atom stereocenters. The van der Waals surface area contributed by atoms with Crippen LogP contribution in [0.3, 0.4) is 0 Å². The van der Waals surface area contributed by atoms with E-state index in [4.69, 9.17) is 10.5 Å². The van der Waals surface area contributed by atoms with E-state index in [9.17, 15) is 28.0 Å². The lowest BCUT2D eigenvalue weighted by atomic mass is 10.0.